The predicted octanol–water partition coefficient (Wildman–Crippen LogP) is 2.38. The Kier molecular flexibility index (Phi) is 3.86. The fourth-order valence-electron chi connectivity index (χ4n) is 2.00. The van der Waals surface area contributed by atoms with Crippen LogP contribution in [-0.2, 0) is 13.0 Å². The molecule has 106 valence electrons. The quantitative estimate of drug-likeness (QED) is 0.859. The maximum absolute atomic E-state index is 4.55. The highest BCUT2D eigenvalue weighted by Crippen LogP contribution is 2.17. The van der Waals surface area contributed by atoms with E-state index in [9.17, 15) is 0 Å². The molecule has 0 saturated carbocycles. The fraction of sp³-hybridized carbons (Fsp3) is 0.200. The van der Waals surface area contributed by atoms with Gasteiger partial charge < -0.3 is 10.4 Å². The molecule has 0 unspecified atom stereocenters. The van der Waals surface area contributed by atoms with Gasteiger partial charge in [-0.15, -0.1) is 0 Å². The van der Waals surface area contributed by atoms with Gasteiger partial charge in [0.05, 0.1) is 17.8 Å². The van der Waals surface area contributed by atoms with Gasteiger partial charge in [0.15, 0.2) is 0 Å². The van der Waals surface area contributed by atoms with Crippen molar-refractivity contribution in [3.63, 3.8) is 0 Å². The first-order valence-electron chi connectivity index (χ1n) is 6.69. The molecule has 3 rings (SSSR count). The monoisotopic (exact) mass is 279 g/mol. The van der Waals surface area contributed by atoms with E-state index in [0.29, 0.717) is 13.0 Å². The normalized spacial score (nSPS) is 13.8. The molecule has 6 heteroatoms. The van der Waals surface area contributed by atoms with Gasteiger partial charge in [0.1, 0.15) is 5.82 Å². The summed E-state index contributed by atoms with van der Waals surface area (Å²) in [4.78, 5) is 17.1. The van der Waals surface area contributed by atoms with Crippen LogP contribution in [0, 0.1) is 0 Å². The van der Waals surface area contributed by atoms with Crippen molar-refractivity contribution in [1.82, 2.24) is 24.9 Å². The summed E-state index contributed by atoms with van der Waals surface area (Å²) in [6, 6.07) is 1.90. The first-order valence-corrected chi connectivity index (χ1v) is 6.69. The molecule has 2 aromatic heterocycles. The highest BCUT2D eigenvalue weighted by molar-refractivity contribution is 5.25. The van der Waals surface area contributed by atoms with Gasteiger partial charge in [-0.25, -0.2) is 9.97 Å². The molecular weight excluding hydrogens is 264 g/mol. The molecule has 2 aromatic rings. The standard InChI is InChI=1S/C15H15N6/c1-12-3-2-8-21(20-12)11-13-4-5-18-15(19-13)9-14-10-16-6-7-17-14/h2-8,10H,9,11H2,1H3/q-1. The average molecular weight is 279 g/mol. The van der Waals surface area contributed by atoms with Crippen LogP contribution in [0.1, 0.15) is 24.1 Å². The lowest BCUT2D eigenvalue weighted by molar-refractivity contribution is 0.457. The van der Waals surface area contributed by atoms with Crippen LogP contribution in [0.5, 0.6) is 0 Å². The summed E-state index contributed by atoms with van der Waals surface area (Å²) in [7, 11) is 0. The van der Waals surface area contributed by atoms with E-state index in [-0.39, 0.29) is 0 Å². The highest BCUT2D eigenvalue weighted by atomic mass is 15.5. The summed E-state index contributed by atoms with van der Waals surface area (Å²) in [5.74, 6) is 0.737. The van der Waals surface area contributed by atoms with Gasteiger partial charge in [0.25, 0.3) is 0 Å². The van der Waals surface area contributed by atoms with Gasteiger partial charge in [-0.2, -0.15) is 5.70 Å². The maximum atomic E-state index is 4.55. The van der Waals surface area contributed by atoms with Crippen molar-refractivity contribution in [3.05, 3.63) is 77.5 Å². The van der Waals surface area contributed by atoms with Gasteiger partial charge >= 0.3 is 0 Å². The second-order valence-corrected chi connectivity index (χ2v) is 4.68. The van der Waals surface area contributed by atoms with Crippen molar-refractivity contribution in [2.45, 2.75) is 19.9 Å². The van der Waals surface area contributed by atoms with Gasteiger partial charge in [-0.1, -0.05) is 13.0 Å². The van der Waals surface area contributed by atoms with Crippen LogP contribution >= 0.6 is 0 Å². The number of rotatable bonds is 4. The molecule has 3 heterocycles. The number of hydrogen-bond donors (Lipinski definition) is 0. The third-order valence-electron chi connectivity index (χ3n) is 2.92. The topological polar surface area (TPSA) is 68.9 Å². The van der Waals surface area contributed by atoms with E-state index in [1.54, 1.807) is 24.8 Å². The van der Waals surface area contributed by atoms with Crippen LogP contribution in [-0.4, -0.2) is 24.9 Å². The number of allylic oxidation sites excluding steroid dienone is 3. The second-order valence-electron chi connectivity index (χ2n) is 4.68. The van der Waals surface area contributed by atoms with Crippen LogP contribution in [0.3, 0.4) is 0 Å². The summed E-state index contributed by atoms with van der Waals surface area (Å²) in [5, 5.41) is 1.86. The summed E-state index contributed by atoms with van der Waals surface area (Å²) >= 11 is 0. The van der Waals surface area contributed by atoms with Gasteiger partial charge in [0.2, 0.25) is 0 Å². The summed E-state index contributed by atoms with van der Waals surface area (Å²) in [6.45, 7) is 2.59. The van der Waals surface area contributed by atoms with Crippen molar-refractivity contribution in [2.24, 2.45) is 0 Å². The van der Waals surface area contributed by atoms with E-state index in [1.807, 2.05) is 36.4 Å². The van der Waals surface area contributed by atoms with E-state index < -0.39 is 0 Å². The first kappa shape index (κ1) is 13.2. The molecular formula is C15H15N6-. The van der Waals surface area contributed by atoms with E-state index in [1.165, 1.54) is 0 Å². The zero-order chi connectivity index (χ0) is 14.5. The molecule has 0 aromatic carbocycles. The van der Waals surface area contributed by atoms with Gasteiger partial charge in [-0.05, 0) is 18.3 Å². The molecule has 0 atom stereocenters. The summed E-state index contributed by atoms with van der Waals surface area (Å²) in [6.07, 6.45) is 13.3. The van der Waals surface area contributed by atoms with E-state index in [2.05, 4.69) is 25.4 Å². The molecule has 1 aliphatic heterocycles. The second kappa shape index (κ2) is 6.13. The molecule has 6 nitrogen and oxygen atoms in total. The minimum absolute atomic E-state index is 0.577. The predicted molar refractivity (Wildman–Crippen MR) is 78.7 cm³/mol. The van der Waals surface area contributed by atoms with Crippen molar-refractivity contribution in [1.29, 1.82) is 0 Å². The molecule has 0 aliphatic carbocycles. The zero-order valence-electron chi connectivity index (χ0n) is 11.7. The van der Waals surface area contributed by atoms with Crippen molar-refractivity contribution >= 4 is 0 Å². The Labute approximate surface area is 123 Å². The smallest absolute Gasteiger partial charge is 0.134 e. The molecule has 21 heavy (non-hydrogen) atoms. The maximum Gasteiger partial charge on any atom is 0.134 e. The Bertz CT molecular complexity index is 665. The molecule has 0 fully saturated rings. The van der Waals surface area contributed by atoms with E-state index in [0.717, 1.165) is 22.9 Å². The lowest BCUT2D eigenvalue weighted by Gasteiger charge is -2.39. The van der Waals surface area contributed by atoms with Gasteiger partial charge in [0, 0.05) is 31.3 Å². The van der Waals surface area contributed by atoms with E-state index >= 15 is 0 Å². The Morgan fingerprint density at radius 1 is 1.14 bits per heavy atom. The minimum Gasteiger partial charge on any atom is -0.599 e. The van der Waals surface area contributed by atoms with Crippen molar-refractivity contribution < 1.29 is 0 Å². The number of hydrogen-bond acceptors (Lipinski definition) is 5. The molecule has 0 saturated heterocycles. The van der Waals surface area contributed by atoms with Crippen LogP contribution < -0.4 is 0 Å². The van der Waals surface area contributed by atoms with Crippen molar-refractivity contribution in [2.75, 3.05) is 0 Å². The number of aromatic nitrogens is 4. The van der Waals surface area contributed by atoms with Crippen LogP contribution in [0.2, 0.25) is 0 Å². The lowest BCUT2D eigenvalue weighted by atomic mass is 10.3. The molecule has 0 spiro atoms. The van der Waals surface area contributed by atoms with E-state index in [4.69, 9.17) is 0 Å². The summed E-state index contributed by atoms with van der Waals surface area (Å²) < 4.78 is 0. The molecule has 0 N–H and O–H groups in total. The van der Waals surface area contributed by atoms with Crippen LogP contribution in [0.4, 0.5) is 0 Å². The largest absolute Gasteiger partial charge is 0.599 e. The molecule has 0 radical (unpaired) electrons. The Morgan fingerprint density at radius 2 is 2.10 bits per heavy atom. The summed E-state index contributed by atoms with van der Waals surface area (Å²) in [5.41, 5.74) is 7.17. The minimum atomic E-state index is 0.577. The average Bonchev–Trinajstić information content (AvgIpc) is 2.49. The number of nitrogens with zero attached hydrogens (tertiary/aromatic N) is 6. The molecule has 0 bridgehead atoms. The van der Waals surface area contributed by atoms with Gasteiger partial charge in [-0.3, -0.25) is 9.97 Å². The van der Waals surface area contributed by atoms with Crippen LogP contribution in [0.15, 0.2) is 54.9 Å². The third kappa shape index (κ3) is 3.62. The van der Waals surface area contributed by atoms with Crippen molar-refractivity contribution in [3.8, 4) is 0 Å². The lowest BCUT2D eigenvalue weighted by Crippen LogP contribution is -2.15. The third-order valence-corrected chi connectivity index (χ3v) is 2.92. The SMILES string of the molecule is CC1=CC=CN(Cc2ccnc(Cc3cnccn3)n2)[N-]1. The Morgan fingerprint density at radius 3 is 2.90 bits per heavy atom. The highest BCUT2D eigenvalue weighted by Gasteiger charge is 2.03. The fourth-order valence-corrected chi connectivity index (χ4v) is 2.00. The van der Waals surface area contributed by atoms with Crippen LogP contribution in [0.25, 0.3) is 5.43 Å². The molecule has 0 amide bonds. The zero-order valence-corrected chi connectivity index (χ0v) is 11.7. The Balaban J connectivity index is 1.69. The first-order chi connectivity index (χ1) is 10.3. The molecule has 1 aliphatic rings. The Hall–Kier alpha value is -2.76.